The number of hydrogen-bond acceptors (Lipinski definition) is 6. The van der Waals surface area contributed by atoms with Gasteiger partial charge in [-0.15, -0.1) is 0 Å². The number of benzene rings is 1. The predicted octanol–water partition coefficient (Wildman–Crippen LogP) is 5.64. The van der Waals surface area contributed by atoms with E-state index in [1.54, 1.807) is 24.4 Å². The molecule has 1 aromatic carbocycles. The Bertz CT molecular complexity index is 1090. The van der Waals surface area contributed by atoms with Gasteiger partial charge in [0, 0.05) is 42.9 Å². The molecule has 180 valence electrons. The molecule has 1 saturated heterocycles. The highest BCUT2D eigenvalue weighted by atomic mass is 19.4. The number of morpholine rings is 1. The zero-order chi connectivity index (χ0) is 24.0. The van der Waals surface area contributed by atoms with Crippen molar-refractivity contribution in [3.8, 4) is 0 Å². The lowest BCUT2D eigenvalue weighted by molar-refractivity contribution is -0.137. The first-order valence-electron chi connectivity index (χ1n) is 11.4. The van der Waals surface area contributed by atoms with E-state index in [2.05, 4.69) is 38.5 Å². The highest BCUT2D eigenvalue weighted by Gasteiger charge is 2.34. The van der Waals surface area contributed by atoms with Gasteiger partial charge in [0.2, 0.25) is 0 Å². The van der Waals surface area contributed by atoms with Gasteiger partial charge in [0.05, 0.1) is 36.7 Å². The number of alkyl halides is 3. The quantitative estimate of drug-likeness (QED) is 0.443. The van der Waals surface area contributed by atoms with Crippen LogP contribution in [0.2, 0.25) is 0 Å². The summed E-state index contributed by atoms with van der Waals surface area (Å²) in [4.78, 5) is 10.5. The summed E-state index contributed by atoms with van der Waals surface area (Å²) in [5.41, 5.74) is 2.84. The van der Waals surface area contributed by atoms with Crippen LogP contribution < -0.4 is 15.5 Å². The Hall–Kier alpha value is -3.33. The maximum Gasteiger partial charge on any atom is 0.419 e. The van der Waals surface area contributed by atoms with E-state index in [9.17, 15) is 13.2 Å². The van der Waals surface area contributed by atoms with Crippen molar-refractivity contribution in [3.05, 3.63) is 71.7 Å². The monoisotopic (exact) mass is 471 g/mol. The summed E-state index contributed by atoms with van der Waals surface area (Å²) in [5, 5.41) is 6.10. The Kier molecular flexibility index (Phi) is 7.52. The van der Waals surface area contributed by atoms with Crippen LogP contribution in [0.25, 0.3) is 0 Å². The van der Waals surface area contributed by atoms with Crippen molar-refractivity contribution >= 4 is 22.9 Å². The number of ether oxygens (including phenoxy) is 1. The van der Waals surface area contributed by atoms with Gasteiger partial charge in [-0.2, -0.15) is 13.2 Å². The predicted molar refractivity (Wildman–Crippen MR) is 128 cm³/mol. The molecule has 0 aliphatic carbocycles. The molecule has 3 aromatic rings. The molecule has 1 aliphatic rings. The molecule has 0 amide bonds. The molecule has 4 rings (SSSR count). The van der Waals surface area contributed by atoms with Crippen LogP contribution in [-0.4, -0.2) is 36.3 Å². The first kappa shape index (κ1) is 23.8. The van der Waals surface area contributed by atoms with Crippen LogP contribution >= 0.6 is 0 Å². The van der Waals surface area contributed by atoms with E-state index < -0.39 is 11.7 Å². The first-order valence-corrected chi connectivity index (χ1v) is 11.4. The molecule has 1 aliphatic heterocycles. The average molecular weight is 472 g/mol. The van der Waals surface area contributed by atoms with Crippen LogP contribution in [0.4, 0.5) is 36.1 Å². The third kappa shape index (κ3) is 5.96. The minimum atomic E-state index is -4.52. The molecular formula is C25H28F3N5O. The maximum absolute atomic E-state index is 13.6. The van der Waals surface area contributed by atoms with Crippen molar-refractivity contribution in [1.29, 1.82) is 0 Å². The highest BCUT2D eigenvalue weighted by molar-refractivity contribution is 5.68. The Labute approximate surface area is 197 Å². The fourth-order valence-electron chi connectivity index (χ4n) is 3.92. The molecule has 3 heterocycles. The van der Waals surface area contributed by atoms with Gasteiger partial charge in [-0.1, -0.05) is 19.4 Å². The molecule has 0 bridgehead atoms. The van der Waals surface area contributed by atoms with Gasteiger partial charge in [0.15, 0.2) is 0 Å². The van der Waals surface area contributed by atoms with E-state index in [0.29, 0.717) is 24.7 Å². The second-order valence-corrected chi connectivity index (χ2v) is 8.10. The Balaban J connectivity index is 1.58. The van der Waals surface area contributed by atoms with Gasteiger partial charge in [0.1, 0.15) is 5.82 Å². The topological polar surface area (TPSA) is 62.3 Å². The zero-order valence-corrected chi connectivity index (χ0v) is 19.0. The smallest absolute Gasteiger partial charge is 0.379 e. The molecule has 6 nitrogen and oxygen atoms in total. The number of halogens is 3. The standard InChI is InChI=1S/C25H28F3N5O/c1-2-5-18-14-20(33-10-12-34-13-11-33)7-8-22(18)32-24-15-23(21(17-31-24)25(26,27)28)30-16-19-6-3-4-9-29-19/h3-4,6-9,14-15,17H,2,5,10-13,16H2,1H3,(H2,30,31,32). The summed E-state index contributed by atoms with van der Waals surface area (Å²) in [6.07, 6.45) is -0.266. The number of hydrogen-bond donors (Lipinski definition) is 2. The summed E-state index contributed by atoms with van der Waals surface area (Å²) in [5.74, 6) is 0.341. The molecule has 2 aromatic heterocycles. The molecule has 9 heteroatoms. The van der Waals surface area contributed by atoms with Gasteiger partial charge < -0.3 is 20.3 Å². The van der Waals surface area contributed by atoms with E-state index in [1.807, 2.05) is 12.1 Å². The Morgan fingerprint density at radius 3 is 2.56 bits per heavy atom. The number of pyridine rings is 2. The lowest BCUT2D eigenvalue weighted by atomic mass is 10.1. The lowest BCUT2D eigenvalue weighted by Crippen LogP contribution is -2.36. The normalized spacial score (nSPS) is 14.2. The summed E-state index contributed by atoms with van der Waals surface area (Å²) in [6.45, 7) is 5.35. The van der Waals surface area contributed by atoms with Crippen molar-refractivity contribution in [2.24, 2.45) is 0 Å². The van der Waals surface area contributed by atoms with Gasteiger partial charge in [-0.3, -0.25) is 4.98 Å². The van der Waals surface area contributed by atoms with Crippen molar-refractivity contribution in [1.82, 2.24) is 9.97 Å². The summed E-state index contributed by atoms with van der Waals surface area (Å²) < 4.78 is 46.2. The number of nitrogens with zero attached hydrogens (tertiary/aromatic N) is 3. The molecule has 0 saturated carbocycles. The fourth-order valence-corrected chi connectivity index (χ4v) is 3.92. The van der Waals surface area contributed by atoms with Crippen molar-refractivity contribution in [3.63, 3.8) is 0 Å². The average Bonchev–Trinajstić information content (AvgIpc) is 2.84. The van der Waals surface area contributed by atoms with E-state index >= 15 is 0 Å². The van der Waals surface area contributed by atoms with Crippen LogP contribution in [0, 0.1) is 0 Å². The lowest BCUT2D eigenvalue weighted by Gasteiger charge is -2.29. The number of rotatable bonds is 8. The number of aryl methyl sites for hydroxylation is 1. The molecule has 34 heavy (non-hydrogen) atoms. The first-order chi connectivity index (χ1) is 16.4. The molecular weight excluding hydrogens is 443 g/mol. The molecule has 1 fully saturated rings. The van der Waals surface area contributed by atoms with E-state index in [4.69, 9.17) is 4.74 Å². The van der Waals surface area contributed by atoms with Crippen molar-refractivity contribution in [2.45, 2.75) is 32.5 Å². The van der Waals surface area contributed by atoms with Gasteiger partial charge in [-0.05, 0) is 42.3 Å². The van der Waals surface area contributed by atoms with Gasteiger partial charge in [-0.25, -0.2) is 4.98 Å². The second kappa shape index (κ2) is 10.7. The highest BCUT2D eigenvalue weighted by Crippen LogP contribution is 2.36. The second-order valence-electron chi connectivity index (χ2n) is 8.10. The van der Waals surface area contributed by atoms with Crippen LogP contribution in [0.1, 0.15) is 30.2 Å². The van der Waals surface area contributed by atoms with E-state index in [1.165, 1.54) is 6.07 Å². The molecule has 0 radical (unpaired) electrons. The van der Waals surface area contributed by atoms with Crippen molar-refractivity contribution < 1.29 is 17.9 Å². The van der Waals surface area contributed by atoms with Crippen LogP contribution in [0.15, 0.2) is 54.9 Å². The number of anilines is 4. The molecule has 0 unspecified atom stereocenters. The van der Waals surface area contributed by atoms with Gasteiger partial charge in [0.25, 0.3) is 0 Å². The number of aromatic nitrogens is 2. The minimum absolute atomic E-state index is 0.0439. The maximum atomic E-state index is 13.6. The third-order valence-electron chi connectivity index (χ3n) is 5.64. The zero-order valence-electron chi connectivity index (χ0n) is 19.0. The molecule has 2 N–H and O–H groups in total. The molecule has 0 atom stereocenters. The van der Waals surface area contributed by atoms with Crippen molar-refractivity contribution in [2.75, 3.05) is 41.8 Å². The Morgan fingerprint density at radius 2 is 1.85 bits per heavy atom. The summed E-state index contributed by atoms with van der Waals surface area (Å²) in [7, 11) is 0. The SMILES string of the molecule is CCCc1cc(N2CCOCC2)ccc1Nc1cc(NCc2ccccn2)c(C(F)(F)F)cn1. The summed E-state index contributed by atoms with van der Waals surface area (Å²) in [6, 6.07) is 12.8. The van der Waals surface area contributed by atoms with Crippen LogP contribution in [0.5, 0.6) is 0 Å². The van der Waals surface area contributed by atoms with Crippen LogP contribution in [-0.2, 0) is 23.9 Å². The third-order valence-corrected chi connectivity index (χ3v) is 5.64. The molecule has 0 spiro atoms. The fraction of sp³-hybridized carbons (Fsp3) is 0.360. The minimum Gasteiger partial charge on any atom is -0.379 e. The largest absolute Gasteiger partial charge is 0.419 e. The Morgan fingerprint density at radius 1 is 1.03 bits per heavy atom. The van der Waals surface area contributed by atoms with Crippen LogP contribution in [0.3, 0.4) is 0 Å². The summed E-state index contributed by atoms with van der Waals surface area (Å²) >= 11 is 0. The van der Waals surface area contributed by atoms with E-state index in [0.717, 1.165) is 49.1 Å². The van der Waals surface area contributed by atoms with Gasteiger partial charge >= 0.3 is 6.18 Å². The number of nitrogens with one attached hydrogen (secondary N) is 2. The van der Waals surface area contributed by atoms with E-state index in [-0.39, 0.29) is 12.2 Å².